The molecule has 5 nitrogen and oxygen atoms in total. The number of aryl methyl sites for hydroxylation is 2. The third-order valence-corrected chi connectivity index (χ3v) is 7.06. The van der Waals surface area contributed by atoms with Gasteiger partial charge in [-0.2, -0.15) is 0 Å². The largest absolute Gasteiger partial charge is 0.487 e. The summed E-state index contributed by atoms with van der Waals surface area (Å²) in [5.41, 5.74) is 7.57. The molecule has 0 aliphatic carbocycles. The van der Waals surface area contributed by atoms with Crippen molar-refractivity contribution < 1.29 is 4.74 Å². The number of aromatic nitrogens is 4. The van der Waals surface area contributed by atoms with E-state index >= 15 is 0 Å². The van der Waals surface area contributed by atoms with Crippen molar-refractivity contribution in [3.63, 3.8) is 0 Å². The molecule has 0 unspecified atom stereocenters. The molecule has 1 aliphatic heterocycles. The molecule has 0 bridgehead atoms. The first-order chi connectivity index (χ1) is 15.2. The van der Waals surface area contributed by atoms with Crippen LogP contribution in [0, 0.1) is 13.8 Å². The van der Waals surface area contributed by atoms with Gasteiger partial charge in [-0.25, -0.2) is 9.97 Å². The lowest BCUT2D eigenvalue weighted by molar-refractivity contribution is 0.298. The number of hydrogen-bond donors (Lipinski definition) is 2. The van der Waals surface area contributed by atoms with Crippen LogP contribution in [0.1, 0.15) is 17.3 Å². The second-order valence-corrected chi connectivity index (χ2v) is 9.03. The summed E-state index contributed by atoms with van der Waals surface area (Å²) < 4.78 is 7.33. The van der Waals surface area contributed by atoms with Gasteiger partial charge in [0.15, 0.2) is 0 Å². The maximum absolute atomic E-state index is 6.05. The van der Waals surface area contributed by atoms with E-state index in [0.717, 1.165) is 50.9 Å². The fourth-order valence-corrected chi connectivity index (χ4v) is 5.68. The smallest absolute Gasteiger partial charge is 0.130 e. The van der Waals surface area contributed by atoms with Crippen molar-refractivity contribution in [2.75, 3.05) is 0 Å². The molecular formula is C25H18N4OS. The lowest BCUT2D eigenvalue weighted by atomic mass is 9.97. The summed E-state index contributed by atoms with van der Waals surface area (Å²) >= 11 is 1.77. The van der Waals surface area contributed by atoms with E-state index in [1.807, 2.05) is 13.8 Å². The molecule has 2 N–H and O–H groups in total. The zero-order valence-electron chi connectivity index (χ0n) is 17.0. The van der Waals surface area contributed by atoms with Gasteiger partial charge >= 0.3 is 0 Å². The normalized spacial score (nSPS) is 13.0. The maximum Gasteiger partial charge on any atom is 0.130 e. The summed E-state index contributed by atoms with van der Waals surface area (Å²) in [5, 5.41) is 5.82. The van der Waals surface area contributed by atoms with Gasteiger partial charge in [0.05, 0.1) is 22.4 Å². The molecule has 0 fully saturated rings. The number of nitrogens with zero attached hydrogens (tertiary/aromatic N) is 2. The monoisotopic (exact) mass is 422 g/mol. The molecule has 1 aliphatic rings. The standard InChI is InChI=1S/C25H18N4OS/c1-12-26-20-11-30-21-10-15(4-6-17(21)22(20)27-12)14-3-5-16-19(9-14)25-18(7-8-31-25)24-23(16)28-13(2)29-24/h3-10H,11H2,1-2H3,(H,26,27)(H,28,29). The summed E-state index contributed by atoms with van der Waals surface area (Å²) in [7, 11) is 0. The molecule has 0 atom stereocenters. The number of fused-ring (bicyclic) bond motifs is 9. The number of ether oxygens (including phenoxy) is 1. The van der Waals surface area contributed by atoms with E-state index in [0.29, 0.717) is 6.61 Å². The molecular weight excluding hydrogens is 404 g/mol. The van der Waals surface area contributed by atoms with Crippen molar-refractivity contribution in [2.24, 2.45) is 0 Å². The molecule has 3 aromatic carbocycles. The topological polar surface area (TPSA) is 66.6 Å². The molecule has 4 heterocycles. The van der Waals surface area contributed by atoms with E-state index in [2.05, 4.69) is 62.8 Å². The highest BCUT2D eigenvalue weighted by Crippen LogP contribution is 2.41. The Morgan fingerprint density at radius 1 is 0.871 bits per heavy atom. The number of hydrogen-bond acceptors (Lipinski definition) is 4. The number of thiophene rings is 1. The number of nitrogens with one attached hydrogen (secondary N) is 2. The van der Waals surface area contributed by atoms with Crippen LogP contribution in [0.15, 0.2) is 47.8 Å². The molecule has 0 saturated carbocycles. The Kier molecular flexibility index (Phi) is 3.28. The summed E-state index contributed by atoms with van der Waals surface area (Å²) in [5.74, 6) is 2.75. The third-order valence-electron chi connectivity index (χ3n) is 6.12. The van der Waals surface area contributed by atoms with Gasteiger partial charge in [0.25, 0.3) is 0 Å². The molecule has 0 amide bonds. The second kappa shape index (κ2) is 5.95. The highest BCUT2D eigenvalue weighted by Gasteiger charge is 2.21. The molecule has 0 saturated heterocycles. The van der Waals surface area contributed by atoms with E-state index in [1.165, 1.54) is 26.4 Å². The Hall–Kier alpha value is -3.64. The molecule has 7 rings (SSSR count). The van der Waals surface area contributed by atoms with Crippen molar-refractivity contribution in [3.8, 4) is 28.1 Å². The average Bonchev–Trinajstić information content (AvgIpc) is 3.49. The Balaban J connectivity index is 1.44. The Bertz CT molecular complexity index is 1670. The minimum absolute atomic E-state index is 0.525. The Morgan fingerprint density at radius 3 is 2.65 bits per heavy atom. The Morgan fingerprint density at radius 2 is 1.71 bits per heavy atom. The number of benzene rings is 3. The van der Waals surface area contributed by atoms with Crippen LogP contribution in [0.2, 0.25) is 0 Å². The molecule has 150 valence electrons. The molecule has 0 radical (unpaired) electrons. The van der Waals surface area contributed by atoms with Crippen molar-refractivity contribution >= 4 is 43.2 Å². The van der Waals surface area contributed by atoms with Crippen LogP contribution in [0.5, 0.6) is 5.75 Å². The Labute approximate surface area is 181 Å². The van der Waals surface area contributed by atoms with Crippen LogP contribution in [-0.2, 0) is 6.61 Å². The van der Waals surface area contributed by atoms with Crippen molar-refractivity contribution in [1.82, 2.24) is 19.9 Å². The summed E-state index contributed by atoms with van der Waals surface area (Å²) in [6.07, 6.45) is 0. The van der Waals surface area contributed by atoms with Gasteiger partial charge in [0.2, 0.25) is 0 Å². The average molecular weight is 423 g/mol. The van der Waals surface area contributed by atoms with Gasteiger partial charge < -0.3 is 14.7 Å². The van der Waals surface area contributed by atoms with Crippen LogP contribution in [-0.4, -0.2) is 19.9 Å². The fraction of sp³-hybridized carbons (Fsp3) is 0.120. The SMILES string of the molecule is Cc1nc2c([nH]1)COc1cc(-c3ccc4c(c3)c3sccc3c3nc(C)[nH]c43)ccc1-2. The molecule has 31 heavy (non-hydrogen) atoms. The van der Waals surface area contributed by atoms with Crippen molar-refractivity contribution in [2.45, 2.75) is 20.5 Å². The molecule has 0 spiro atoms. The quantitative estimate of drug-likeness (QED) is 0.318. The third kappa shape index (κ3) is 2.36. The minimum Gasteiger partial charge on any atom is -0.487 e. The first-order valence-corrected chi connectivity index (χ1v) is 11.2. The van der Waals surface area contributed by atoms with E-state index < -0.39 is 0 Å². The minimum atomic E-state index is 0.525. The van der Waals surface area contributed by atoms with Crippen LogP contribution in [0.3, 0.4) is 0 Å². The maximum atomic E-state index is 6.05. The first kappa shape index (κ1) is 17.1. The number of aromatic amines is 2. The molecule has 3 aromatic heterocycles. The lowest BCUT2D eigenvalue weighted by Crippen LogP contribution is -2.05. The van der Waals surface area contributed by atoms with Gasteiger partial charge in [-0.1, -0.05) is 18.2 Å². The van der Waals surface area contributed by atoms with Gasteiger partial charge in [0.1, 0.15) is 24.0 Å². The zero-order valence-corrected chi connectivity index (χ0v) is 17.9. The second-order valence-electron chi connectivity index (χ2n) is 8.12. The van der Waals surface area contributed by atoms with E-state index in [-0.39, 0.29) is 0 Å². The molecule has 6 heteroatoms. The van der Waals surface area contributed by atoms with Crippen LogP contribution < -0.4 is 4.74 Å². The number of imidazole rings is 2. The van der Waals surface area contributed by atoms with Gasteiger partial charge in [-0.15, -0.1) is 11.3 Å². The summed E-state index contributed by atoms with van der Waals surface area (Å²) in [6, 6.07) is 15.3. The number of rotatable bonds is 1. The van der Waals surface area contributed by atoms with E-state index in [1.54, 1.807) is 11.3 Å². The first-order valence-electron chi connectivity index (χ1n) is 10.3. The summed E-state index contributed by atoms with van der Waals surface area (Å²) in [6.45, 7) is 4.51. The van der Waals surface area contributed by atoms with Gasteiger partial charge in [-0.05, 0) is 54.6 Å². The van der Waals surface area contributed by atoms with E-state index in [9.17, 15) is 0 Å². The highest BCUT2D eigenvalue weighted by atomic mass is 32.1. The van der Waals surface area contributed by atoms with Crippen LogP contribution >= 0.6 is 11.3 Å². The predicted octanol–water partition coefficient (Wildman–Crippen LogP) is 6.50. The van der Waals surface area contributed by atoms with Crippen LogP contribution in [0.25, 0.3) is 54.3 Å². The van der Waals surface area contributed by atoms with Gasteiger partial charge in [0, 0.05) is 26.4 Å². The van der Waals surface area contributed by atoms with Crippen molar-refractivity contribution in [1.29, 1.82) is 0 Å². The fourth-order valence-electron chi connectivity index (χ4n) is 4.75. The predicted molar refractivity (Wildman–Crippen MR) is 126 cm³/mol. The summed E-state index contributed by atoms with van der Waals surface area (Å²) in [4.78, 5) is 16.1. The van der Waals surface area contributed by atoms with Gasteiger partial charge in [-0.3, -0.25) is 0 Å². The lowest BCUT2D eigenvalue weighted by Gasteiger charge is -2.18. The van der Waals surface area contributed by atoms with Crippen LogP contribution in [0.4, 0.5) is 0 Å². The van der Waals surface area contributed by atoms with E-state index in [4.69, 9.17) is 9.72 Å². The number of H-pyrrole nitrogens is 2. The highest BCUT2D eigenvalue weighted by molar-refractivity contribution is 7.18. The molecule has 6 aromatic rings. The van der Waals surface area contributed by atoms with Crippen molar-refractivity contribution in [3.05, 3.63) is 65.2 Å². The zero-order chi connectivity index (χ0) is 20.7.